The lowest BCUT2D eigenvalue weighted by molar-refractivity contribution is 0.190. The summed E-state index contributed by atoms with van der Waals surface area (Å²) in [5.74, 6) is 0. The maximum atomic E-state index is 8.85. The third kappa shape index (κ3) is 3.36. The van der Waals surface area contributed by atoms with Crippen LogP contribution in [0.4, 0.5) is 5.69 Å². The van der Waals surface area contributed by atoms with Gasteiger partial charge in [-0.2, -0.15) is 0 Å². The first-order valence-corrected chi connectivity index (χ1v) is 4.71. The van der Waals surface area contributed by atoms with Gasteiger partial charge in [0.25, 0.3) is 0 Å². The van der Waals surface area contributed by atoms with Gasteiger partial charge in [0.2, 0.25) is 0 Å². The summed E-state index contributed by atoms with van der Waals surface area (Å²) >= 11 is 0. The lowest BCUT2D eigenvalue weighted by atomic mass is 10.2. The van der Waals surface area contributed by atoms with E-state index < -0.39 is 0 Å². The lowest BCUT2D eigenvalue weighted by Crippen LogP contribution is -2.20. The number of ether oxygens (including phenoxy) is 1. The number of rotatable bonds is 5. The highest BCUT2D eigenvalue weighted by atomic mass is 16.5. The first-order valence-electron chi connectivity index (χ1n) is 4.71. The minimum absolute atomic E-state index is 0.0912. The van der Waals surface area contributed by atoms with Gasteiger partial charge in [-0.05, 0) is 24.6 Å². The Morgan fingerprint density at radius 3 is 2.50 bits per heavy atom. The standard InChI is InChI=1S/C11H17NO2/c1-9(8-14-2)12-11-5-3-10(7-13)4-6-11/h3-6,9,12-13H,7-8H2,1-2H3. The third-order valence-corrected chi connectivity index (χ3v) is 1.97. The molecular formula is C11H17NO2. The quantitative estimate of drug-likeness (QED) is 0.750. The minimum Gasteiger partial charge on any atom is -0.392 e. The van der Waals surface area contributed by atoms with Gasteiger partial charge in [0.05, 0.1) is 13.2 Å². The van der Waals surface area contributed by atoms with Crippen molar-refractivity contribution in [3.05, 3.63) is 29.8 Å². The largest absolute Gasteiger partial charge is 0.392 e. The summed E-state index contributed by atoms with van der Waals surface area (Å²) < 4.78 is 5.02. The summed E-state index contributed by atoms with van der Waals surface area (Å²) in [7, 11) is 1.69. The first-order chi connectivity index (χ1) is 6.76. The fraction of sp³-hybridized carbons (Fsp3) is 0.455. The summed E-state index contributed by atoms with van der Waals surface area (Å²) in [6.45, 7) is 2.83. The summed E-state index contributed by atoms with van der Waals surface area (Å²) in [5, 5.41) is 12.1. The van der Waals surface area contributed by atoms with Crippen molar-refractivity contribution in [3.63, 3.8) is 0 Å². The normalized spacial score (nSPS) is 12.5. The number of hydrogen-bond acceptors (Lipinski definition) is 3. The van der Waals surface area contributed by atoms with E-state index in [1.165, 1.54) is 0 Å². The summed E-state index contributed by atoms with van der Waals surface area (Å²) in [6, 6.07) is 8.01. The van der Waals surface area contributed by atoms with Crippen LogP contribution < -0.4 is 5.32 Å². The summed E-state index contributed by atoms with van der Waals surface area (Å²) in [4.78, 5) is 0. The van der Waals surface area contributed by atoms with E-state index in [4.69, 9.17) is 9.84 Å². The van der Waals surface area contributed by atoms with Gasteiger partial charge in [0.1, 0.15) is 0 Å². The van der Waals surface area contributed by atoms with Crippen LogP contribution in [-0.4, -0.2) is 24.9 Å². The Kier molecular flexibility index (Phi) is 4.43. The van der Waals surface area contributed by atoms with Crippen molar-refractivity contribution in [1.29, 1.82) is 0 Å². The second kappa shape index (κ2) is 5.62. The zero-order valence-electron chi connectivity index (χ0n) is 8.66. The second-order valence-corrected chi connectivity index (χ2v) is 3.36. The smallest absolute Gasteiger partial charge is 0.0681 e. The molecule has 0 fully saturated rings. The highest BCUT2D eigenvalue weighted by Crippen LogP contribution is 2.10. The Labute approximate surface area is 84.7 Å². The van der Waals surface area contributed by atoms with Gasteiger partial charge in [-0.3, -0.25) is 0 Å². The van der Waals surface area contributed by atoms with Gasteiger partial charge in [0, 0.05) is 18.8 Å². The van der Waals surface area contributed by atoms with Gasteiger partial charge in [-0.25, -0.2) is 0 Å². The average Bonchev–Trinajstić information content (AvgIpc) is 2.19. The topological polar surface area (TPSA) is 41.5 Å². The lowest BCUT2D eigenvalue weighted by Gasteiger charge is -2.14. The number of aliphatic hydroxyl groups excluding tert-OH is 1. The summed E-state index contributed by atoms with van der Waals surface area (Å²) in [6.07, 6.45) is 0. The van der Waals surface area contributed by atoms with Crippen molar-refractivity contribution in [2.75, 3.05) is 19.0 Å². The molecule has 0 radical (unpaired) electrons. The molecular weight excluding hydrogens is 178 g/mol. The fourth-order valence-electron chi connectivity index (χ4n) is 1.28. The number of nitrogens with one attached hydrogen (secondary N) is 1. The summed E-state index contributed by atoms with van der Waals surface area (Å²) in [5.41, 5.74) is 1.97. The molecule has 0 heterocycles. The van der Waals surface area contributed by atoms with Gasteiger partial charge in [-0.15, -0.1) is 0 Å². The molecule has 14 heavy (non-hydrogen) atoms. The molecule has 0 bridgehead atoms. The van der Waals surface area contributed by atoms with Crippen LogP contribution in [0.2, 0.25) is 0 Å². The highest BCUT2D eigenvalue weighted by Gasteiger charge is 2.00. The third-order valence-electron chi connectivity index (χ3n) is 1.97. The van der Waals surface area contributed by atoms with E-state index in [9.17, 15) is 0 Å². The molecule has 78 valence electrons. The van der Waals surface area contributed by atoms with E-state index in [-0.39, 0.29) is 6.61 Å². The van der Waals surface area contributed by atoms with Crippen molar-refractivity contribution >= 4 is 5.69 Å². The SMILES string of the molecule is COCC(C)Nc1ccc(CO)cc1. The van der Waals surface area contributed by atoms with Crippen LogP contribution in [0.25, 0.3) is 0 Å². The van der Waals surface area contributed by atoms with Crippen molar-refractivity contribution in [2.24, 2.45) is 0 Å². The van der Waals surface area contributed by atoms with Crippen molar-refractivity contribution in [2.45, 2.75) is 19.6 Å². The molecule has 3 heteroatoms. The molecule has 3 nitrogen and oxygen atoms in total. The molecule has 0 saturated heterocycles. The number of anilines is 1. The zero-order valence-corrected chi connectivity index (χ0v) is 8.66. The molecule has 1 atom stereocenters. The molecule has 1 aromatic carbocycles. The first kappa shape index (κ1) is 11.0. The number of hydrogen-bond donors (Lipinski definition) is 2. The van der Waals surface area contributed by atoms with Gasteiger partial charge in [0.15, 0.2) is 0 Å². The van der Waals surface area contributed by atoms with Crippen LogP contribution in [0.5, 0.6) is 0 Å². The monoisotopic (exact) mass is 195 g/mol. The zero-order chi connectivity index (χ0) is 10.4. The molecule has 0 saturated carbocycles. The predicted molar refractivity (Wildman–Crippen MR) is 57.3 cm³/mol. The van der Waals surface area contributed by atoms with E-state index >= 15 is 0 Å². The van der Waals surface area contributed by atoms with Crippen molar-refractivity contribution in [3.8, 4) is 0 Å². The van der Waals surface area contributed by atoms with E-state index in [0.29, 0.717) is 12.6 Å². The molecule has 0 aromatic heterocycles. The Morgan fingerprint density at radius 2 is 2.00 bits per heavy atom. The van der Waals surface area contributed by atoms with Gasteiger partial charge < -0.3 is 15.2 Å². The second-order valence-electron chi connectivity index (χ2n) is 3.36. The Hall–Kier alpha value is -1.06. The van der Waals surface area contributed by atoms with Crippen LogP contribution in [-0.2, 0) is 11.3 Å². The van der Waals surface area contributed by atoms with Crippen LogP contribution in [0, 0.1) is 0 Å². The van der Waals surface area contributed by atoms with Crippen LogP contribution in [0.3, 0.4) is 0 Å². The number of benzene rings is 1. The Balaban J connectivity index is 2.50. The molecule has 1 rings (SSSR count). The molecule has 2 N–H and O–H groups in total. The van der Waals surface area contributed by atoms with E-state index in [1.54, 1.807) is 7.11 Å². The maximum Gasteiger partial charge on any atom is 0.0681 e. The molecule has 0 aliphatic rings. The van der Waals surface area contributed by atoms with Crippen molar-refractivity contribution < 1.29 is 9.84 Å². The molecule has 1 aromatic rings. The predicted octanol–water partition coefficient (Wildman–Crippen LogP) is 1.63. The van der Waals surface area contributed by atoms with Crippen LogP contribution >= 0.6 is 0 Å². The Morgan fingerprint density at radius 1 is 1.36 bits per heavy atom. The highest BCUT2D eigenvalue weighted by molar-refractivity contribution is 5.45. The molecule has 0 amide bonds. The minimum atomic E-state index is 0.0912. The van der Waals surface area contributed by atoms with Crippen LogP contribution in [0.15, 0.2) is 24.3 Å². The van der Waals surface area contributed by atoms with E-state index in [1.807, 2.05) is 24.3 Å². The van der Waals surface area contributed by atoms with Crippen molar-refractivity contribution in [1.82, 2.24) is 0 Å². The fourth-order valence-corrected chi connectivity index (χ4v) is 1.28. The number of aliphatic hydroxyl groups is 1. The molecule has 1 unspecified atom stereocenters. The number of methoxy groups -OCH3 is 1. The van der Waals surface area contributed by atoms with Gasteiger partial charge >= 0.3 is 0 Å². The molecule has 0 spiro atoms. The van der Waals surface area contributed by atoms with Crippen LogP contribution in [0.1, 0.15) is 12.5 Å². The van der Waals surface area contributed by atoms with E-state index in [2.05, 4.69) is 12.2 Å². The maximum absolute atomic E-state index is 8.85. The van der Waals surface area contributed by atoms with Gasteiger partial charge in [-0.1, -0.05) is 12.1 Å². The average molecular weight is 195 g/mol. The molecule has 0 aliphatic carbocycles. The van der Waals surface area contributed by atoms with E-state index in [0.717, 1.165) is 11.3 Å². The Bertz CT molecular complexity index is 258. The molecule has 0 aliphatic heterocycles.